The number of nitrogens with one attached hydrogen (secondary N) is 1. The number of nitrogens with two attached hydrogens (primary N) is 1. The van der Waals surface area contributed by atoms with Crippen LogP contribution in [0.4, 0.5) is 17.3 Å². The molecule has 0 unspecified atom stereocenters. The van der Waals surface area contributed by atoms with Gasteiger partial charge in [-0.2, -0.15) is 0 Å². The molecule has 0 radical (unpaired) electrons. The first kappa shape index (κ1) is 24.5. The molecule has 0 saturated carbocycles. The predicted molar refractivity (Wildman–Crippen MR) is 141 cm³/mol. The number of aromatic nitrogens is 3. The number of carbonyl (C=O) groups excluding carboxylic acids is 1. The van der Waals surface area contributed by atoms with E-state index in [1.807, 2.05) is 41.3 Å². The van der Waals surface area contributed by atoms with Gasteiger partial charge in [-0.25, -0.2) is 17.9 Å². The number of anilines is 3. The molecule has 0 aliphatic carbocycles. The topological polar surface area (TPSA) is 135 Å². The second-order valence-electron chi connectivity index (χ2n) is 8.94. The van der Waals surface area contributed by atoms with Gasteiger partial charge in [-0.1, -0.05) is 18.2 Å². The van der Waals surface area contributed by atoms with E-state index in [9.17, 15) is 13.2 Å². The Morgan fingerprint density at radius 1 is 1.16 bits per heavy atom. The molecule has 2 aromatic carbocycles. The number of sulfonamides is 1. The Balaban J connectivity index is 1.51. The van der Waals surface area contributed by atoms with Crippen LogP contribution in [0.1, 0.15) is 11.1 Å². The van der Waals surface area contributed by atoms with Crippen molar-refractivity contribution in [2.45, 2.75) is 13.1 Å². The summed E-state index contributed by atoms with van der Waals surface area (Å²) in [5.74, 6) is 0.590. The molecule has 3 N–H and O–H groups in total. The lowest BCUT2D eigenvalue weighted by Crippen LogP contribution is -2.29. The average molecular weight is 522 g/mol. The second kappa shape index (κ2) is 9.37. The van der Waals surface area contributed by atoms with E-state index in [-0.39, 0.29) is 12.5 Å². The molecule has 11 nitrogen and oxygen atoms in total. The summed E-state index contributed by atoms with van der Waals surface area (Å²) < 4.78 is 33.0. The van der Waals surface area contributed by atoms with Crippen molar-refractivity contribution in [1.29, 1.82) is 0 Å². The number of nitrogens with zero attached hydrogens (tertiary/aromatic N) is 5. The lowest BCUT2D eigenvalue weighted by molar-refractivity contribution is -0.119. The van der Waals surface area contributed by atoms with Gasteiger partial charge in [0.2, 0.25) is 21.9 Å². The van der Waals surface area contributed by atoms with Crippen molar-refractivity contribution in [3.05, 3.63) is 65.9 Å². The van der Waals surface area contributed by atoms with E-state index in [0.29, 0.717) is 41.7 Å². The van der Waals surface area contributed by atoms with Gasteiger partial charge in [-0.15, -0.1) is 5.10 Å². The Hall–Kier alpha value is -4.16. The summed E-state index contributed by atoms with van der Waals surface area (Å²) in [6.45, 7) is 1.40. The van der Waals surface area contributed by atoms with Crippen molar-refractivity contribution in [1.82, 2.24) is 19.5 Å². The molecule has 192 valence electrons. The number of rotatable bonds is 8. The molecular formula is C25H27N7O4S. The lowest BCUT2D eigenvalue weighted by atomic mass is 10.1. The van der Waals surface area contributed by atoms with Gasteiger partial charge in [0.05, 0.1) is 48.7 Å². The molecule has 37 heavy (non-hydrogen) atoms. The Morgan fingerprint density at radius 2 is 1.89 bits per heavy atom. The van der Waals surface area contributed by atoms with Crippen molar-refractivity contribution in [3.8, 4) is 17.0 Å². The standard InChI is InChI=1S/C25H27N7O4S/c1-30(37(3,34)35)21-7-5-4-6-19(21)22-9-8-18-12-27-25(29-32(18)22)28-20-10-16-13-31(15-24(26)33)14-17(16)11-23(20)36-2/h4-12H,13-15H2,1-3H3,(H2,26,33)(H,28,29). The van der Waals surface area contributed by atoms with Gasteiger partial charge in [-0.3, -0.25) is 14.0 Å². The number of ether oxygens (including phenoxy) is 1. The van der Waals surface area contributed by atoms with E-state index < -0.39 is 10.0 Å². The number of fused-ring (bicyclic) bond motifs is 2. The highest BCUT2D eigenvalue weighted by molar-refractivity contribution is 7.92. The maximum Gasteiger partial charge on any atom is 0.245 e. The Morgan fingerprint density at radius 3 is 2.59 bits per heavy atom. The van der Waals surface area contributed by atoms with E-state index in [1.54, 1.807) is 30.0 Å². The van der Waals surface area contributed by atoms with E-state index in [1.165, 1.54) is 17.6 Å². The van der Waals surface area contributed by atoms with Crippen LogP contribution in [0.25, 0.3) is 16.8 Å². The van der Waals surface area contributed by atoms with E-state index >= 15 is 0 Å². The molecule has 0 bridgehead atoms. The quantitative estimate of drug-likeness (QED) is 0.361. The monoisotopic (exact) mass is 521 g/mol. The maximum absolute atomic E-state index is 12.2. The normalized spacial score (nSPS) is 13.5. The minimum absolute atomic E-state index is 0.186. The van der Waals surface area contributed by atoms with E-state index in [2.05, 4.69) is 10.3 Å². The van der Waals surface area contributed by atoms with Crippen molar-refractivity contribution >= 4 is 38.8 Å². The molecule has 2 aromatic heterocycles. The van der Waals surface area contributed by atoms with Crippen molar-refractivity contribution in [3.63, 3.8) is 0 Å². The first-order valence-electron chi connectivity index (χ1n) is 11.5. The minimum Gasteiger partial charge on any atom is -0.495 e. The van der Waals surface area contributed by atoms with E-state index in [0.717, 1.165) is 22.3 Å². The predicted octanol–water partition coefficient (Wildman–Crippen LogP) is 2.35. The van der Waals surface area contributed by atoms with Crippen molar-refractivity contribution < 1.29 is 17.9 Å². The number of amides is 1. The fraction of sp³-hybridized carbons (Fsp3) is 0.240. The second-order valence-corrected chi connectivity index (χ2v) is 11.0. The summed E-state index contributed by atoms with van der Waals surface area (Å²) in [6.07, 6.45) is 2.86. The molecule has 12 heteroatoms. The van der Waals surface area contributed by atoms with Crippen LogP contribution in [-0.4, -0.2) is 60.8 Å². The van der Waals surface area contributed by atoms with Crippen LogP contribution in [0, 0.1) is 0 Å². The van der Waals surface area contributed by atoms with Gasteiger partial charge in [-0.05, 0) is 41.5 Å². The smallest absolute Gasteiger partial charge is 0.245 e. The number of carbonyl (C=O) groups is 1. The Bertz CT molecular complexity index is 1620. The highest BCUT2D eigenvalue weighted by atomic mass is 32.2. The van der Waals surface area contributed by atoms with Crippen molar-refractivity contribution in [2.75, 3.05) is 36.6 Å². The third-order valence-corrected chi connectivity index (χ3v) is 7.54. The van der Waals surface area contributed by atoms with Gasteiger partial charge in [0.15, 0.2) is 0 Å². The lowest BCUT2D eigenvalue weighted by Gasteiger charge is -2.20. The van der Waals surface area contributed by atoms with Gasteiger partial charge < -0.3 is 15.8 Å². The SMILES string of the molecule is COc1cc2c(cc1Nc1ncc3ccc(-c4ccccc4N(C)S(C)(=O)=O)n3n1)CN(CC(N)=O)C2. The number of benzene rings is 2. The Labute approximate surface area is 214 Å². The van der Waals surface area contributed by atoms with Gasteiger partial charge in [0.1, 0.15) is 5.75 Å². The zero-order chi connectivity index (χ0) is 26.3. The third kappa shape index (κ3) is 4.80. The van der Waals surface area contributed by atoms with Crippen LogP contribution in [0.15, 0.2) is 54.7 Å². The number of hydrogen-bond acceptors (Lipinski definition) is 8. The molecule has 1 aliphatic heterocycles. The summed E-state index contributed by atoms with van der Waals surface area (Å²) in [5.41, 5.74) is 10.9. The average Bonchev–Trinajstić information content (AvgIpc) is 3.44. The first-order valence-corrected chi connectivity index (χ1v) is 13.3. The van der Waals surface area contributed by atoms with Crippen molar-refractivity contribution in [2.24, 2.45) is 5.73 Å². The van der Waals surface area contributed by atoms with Crippen LogP contribution in [-0.2, 0) is 27.9 Å². The van der Waals surface area contributed by atoms with Gasteiger partial charge in [0.25, 0.3) is 0 Å². The van der Waals surface area contributed by atoms with Crippen LogP contribution in [0.3, 0.4) is 0 Å². The van der Waals surface area contributed by atoms with Crippen LogP contribution < -0.4 is 20.1 Å². The van der Waals surface area contributed by atoms with Crippen LogP contribution in [0.2, 0.25) is 0 Å². The highest BCUT2D eigenvalue weighted by Crippen LogP contribution is 2.35. The molecule has 5 rings (SSSR count). The maximum atomic E-state index is 12.2. The molecule has 0 saturated heterocycles. The van der Waals surface area contributed by atoms with Gasteiger partial charge >= 0.3 is 0 Å². The summed E-state index contributed by atoms with van der Waals surface area (Å²) in [6, 6.07) is 14.9. The zero-order valence-electron chi connectivity index (χ0n) is 20.7. The minimum atomic E-state index is -3.46. The van der Waals surface area contributed by atoms with Crippen LogP contribution in [0.5, 0.6) is 5.75 Å². The molecule has 0 spiro atoms. The van der Waals surface area contributed by atoms with Gasteiger partial charge in [0, 0.05) is 25.7 Å². The summed E-state index contributed by atoms with van der Waals surface area (Å²) in [5, 5.41) is 7.94. The summed E-state index contributed by atoms with van der Waals surface area (Å²) >= 11 is 0. The number of methoxy groups -OCH3 is 1. The Kier molecular flexibility index (Phi) is 6.21. The molecule has 4 aromatic rings. The summed E-state index contributed by atoms with van der Waals surface area (Å²) in [4.78, 5) is 17.8. The fourth-order valence-corrected chi connectivity index (χ4v) is 5.04. The summed E-state index contributed by atoms with van der Waals surface area (Å²) in [7, 11) is -0.345. The number of primary amides is 1. The largest absolute Gasteiger partial charge is 0.495 e. The molecule has 0 fully saturated rings. The first-order chi connectivity index (χ1) is 17.6. The fourth-order valence-electron chi connectivity index (χ4n) is 4.52. The highest BCUT2D eigenvalue weighted by Gasteiger charge is 2.23. The molecular weight excluding hydrogens is 494 g/mol. The number of hydrogen-bond donors (Lipinski definition) is 2. The molecule has 3 heterocycles. The number of para-hydroxylation sites is 1. The van der Waals surface area contributed by atoms with E-state index in [4.69, 9.17) is 15.6 Å². The molecule has 0 atom stereocenters. The molecule has 1 amide bonds. The zero-order valence-corrected chi connectivity index (χ0v) is 21.5. The third-order valence-electron chi connectivity index (χ3n) is 6.35. The van der Waals surface area contributed by atoms with Crippen LogP contribution >= 0.6 is 0 Å². The molecule has 1 aliphatic rings.